The zero-order chi connectivity index (χ0) is 10.4. The Morgan fingerprint density at radius 1 is 1.57 bits per heavy atom. The van der Waals surface area contributed by atoms with Gasteiger partial charge in [-0.1, -0.05) is 0 Å². The monoisotopic (exact) mass is 200 g/mol. The summed E-state index contributed by atoms with van der Waals surface area (Å²) in [4.78, 5) is 12.8. The third kappa shape index (κ3) is 2.83. The third-order valence-corrected chi connectivity index (χ3v) is 2.26. The highest BCUT2D eigenvalue weighted by atomic mass is 16.5. The van der Waals surface area contributed by atoms with E-state index in [2.05, 4.69) is 15.0 Å². The topological polar surface area (TPSA) is 61.8 Å². The summed E-state index contributed by atoms with van der Waals surface area (Å²) < 4.78 is 4.43. The number of alkyl carbamates (subject to hydrolysis) is 1. The van der Waals surface area contributed by atoms with Gasteiger partial charge in [0, 0.05) is 13.1 Å². The number of methoxy groups -OCH3 is 1. The zero-order valence-electron chi connectivity index (χ0n) is 8.32. The molecule has 0 saturated carbocycles. The molecule has 5 nitrogen and oxygen atoms in total. The van der Waals surface area contributed by atoms with Crippen LogP contribution >= 0.6 is 0 Å². The van der Waals surface area contributed by atoms with Gasteiger partial charge in [0.1, 0.15) is 6.26 Å². The van der Waals surface area contributed by atoms with E-state index in [9.17, 15) is 4.79 Å². The van der Waals surface area contributed by atoms with Crippen LogP contribution in [0.3, 0.4) is 0 Å². The van der Waals surface area contributed by atoms with E-state index in [-0.39, 0.29) is 0 Å². The molecule has 0 radical (unpaired) electrons. The van der Waals surface area contributed by atoms with E-state index in [0.29, 0.717) is 6.54 Å². The van der Waals surface area contributed by atoms with Gasteiger partial charge >= 0.3 is 6.09 Å². The van der Waals surface area contributed by atoms with Crippen molar-refractivity contribution in [2.45, 2.75) is 12.8 Å². The number of nitrogens with one attached hydrogen (secondary N) is 1. The van der Waals surface area contributed by atoms with Gasteiger partial charge in [-0.05, 0) is 12.8 Å². The molecule has 14 heavy (non-hydrogen) atoms. The van der Waals surface area contributed by atoms with Crippen molar-refractivity contribution in [3.63, 3.8) is 0 Å². The molecule has 0 aromatic heterocycles. The number of hydrogen-bond donors (Lipinski definition) is 2. The number of likely N-dealkylation sites (tertiary alicyclic amines) is 1. The van der Waals surface area contributed by atoms with Crippen molar-refractivity contribution in [3.8, 4) is 0 Å². The summed E-state index contributed by atoms with van der Waals surface area (Å²) in [6.07, 6.45) is 2.83. The van der Waals surface area contributed by atoms with Gasteiger partial charge in [0.05, 0.1) is 19.4 Å². The van der Waals surface area contributed by atoms with Crippen molar-refractivity contribution in [2.24, 2.45) is 0 Å². The average Bonchev–Trinajstić information content (AvgIpc) is 2.72. The van der Waals surface area contributed by atoms with E-state index in [1.54, 1.807) is 0 Å². The molecule has 1 aliphatic rings. The number of carbonyl (C=O) groups is 1. The second-order valence-corrected chi connectivity index (χ2v) is 3.16. The van der Waals surface area contributed by atoms with Gasteiger partial charge < -0.3 is 20.1 Å². The minimum atomic E-state index is -0.483. The number of ether oxygens (including phenoxy) is 1. The summed E-state index contributed by atoms with van der Waals surface area (Å²) in [5, 5.41) is 11.5. The van der Waals surface area contributed by atoms with Crippen LogP contribution < -0.4 is 5.32 Å². The molecule has 0 spiro atoms. The maximum absolute atomic E-state index is 10.8. The summed E-state index contributed by atoms with van der Waals surface area (Å²) in [5.41, 5.74) is 0.730. The number of carbonyl (C=O) groups excluding carboxylic acids is 1. The molecule has 1 fully saturated rings. The maximum Gasteiger partial charge on any atom is 0.407 e. The molecule has 0 aromatic carbocycles. The Hall–Kier alpha value is -1.39. The van der Waals surface area contributed by atoms with Gasteiger partial charge in [-0.2, -0.15) is 0 Å². The lowest BCUT2D eigenvalue weighted by Gasteiger charge is -2.20. The minimum absolute atomic E-state index is 0.309. The van der Waals surface area contributed by atoms with Crippen LogP contribution in [0.4, 0.5) is 4.79 Å². The summed E-state index contributed by atoms with van der Waals surface area (Å²) in [6.45, 7) is 2.19. The fourth-order valence-electron chi connectivity index (χ4n) is 1.48. The first kappa shape index (κ1) is 10.7. The van der Waals surface area contributed by atoms with E-state index >= 15 is 0 Å². The number of aliphatic hydroxyl groups is 1. The van der Waals surface area contributed by atoms with E-state index in [1.807, 2.05) is 0 Å². The molecule has 0 aromatic rings. The van der Waals surface area contributed by atoms with Gasteiger partial charge in [-0.3, -0.25) is 0 Å². The highest BCUT2D eigenvalue weighted by Gasteiger charge is 2.15. The Labute approximate surface area is 83.3 Å². The number of rotatable bonds is 3. The largest absolute Gasteiger partial charge is 0.514 e. The molecule has 0 atom stereocenters. The second kappa shape index (κ2) is 5.36. The lowest BCUT2D eigenvalue weighted by Crippen LogP contribution is -2.31. The molecule has 0 unspecified atom stereocenters. The van der Waals surface area contributed by atoms with Crippen LogP contribution in [0.5, 0.6) is 0 Å². The molecule has 80 valence electrons. The van der Waals surface area contributed by atoms with Crippen LogP contribution in [0.2, 0.25) is 0 Å². The Kier molecular flexibility index (Phi) is 4.10. The SMILES string of the molecule is COC(=O)NC/C(=C\O)N1CCCC1. The number of amides is 1. The molecule has 1 amide bonds. The maximum atomic E-state index is 10.8. The smallest absolute Gasteiger partial charge is 0.407 e. The Morgan fingerprint density at radius 3 is 2.71 bits per heavy atom. The lowest BCUT2D eigenvalue weighted by atomic mass is 10.4. The summed E-state index contributed by atoms with van der Waals surface area (Å²) in [7, 11) is 1.31. The van der Waals surface area contributed by atoms with E-state index in [0.717, 1.165) is 37.9 Å². The van der Waals surface area contributed by atoms with Crippen LogP contribution in [-0.4, -0.2) is 42.8 Å². The van der Waals surface area contributed by atoms with Crippen molar-refractivity contribution < 1.29 is 14.6 Å². The average molecular weight is 200 g/mol. The molecule has 0 aliphatic carbocycles. The van der Waals surface area contributed by atoms with E-state index < -0.39 is 6.09 Å². The summed E-state index contributed by atoms with van der Waals surface area (Å²) in [6, 6.07) is 0. The second-order valence-electron chi connectivity index (χ2n) is 3.16. The molecule has 2 N–H and O–H groups in total. The molecule has 5 heteroatoms. The number of nitrogens with zero attached hydrogens (tertiary/aromatic N) is 1. The fraction of sp³-hybridized carbons (Fsp3) is 0.667. The van der Waals surface area contributed by atoms with Crippen molar-refractivity contribution in [1.29, 1.82) is 0 Å². The molecule has 1 rings (SSSR count). The first-order valence-corrected chi connectivity index (χ1v) is 4.68. The van der Waals surface area contributed by atoms with Crippen LogP contribution in [0.1, 0.15) is 12.8 Å². The van der Waals surface area contributed by atoms with E-state index in [1.165, 1.54) is 7.11 Å². The number of hydrogen-bond acceptors (Lipinski definition) is 4. The van der Waals surface area contributed by atoms with Gasteiger partial charge in [-0.15, -0.1) is 0 Å². The van der Waals surface area contributed by atoms with E-state index in [4.69, 9.17) is 5.11 Å². The predicted molar refractivity (Wildman–Crippen MR) is 51.9 cm³/mol. The van der Waals surface area contributed by atoms with Crippen LogP contribution in [-0.2, 0) is 4.74 Å². The highest BCUT2D eigenvalue weighted by molar-refractivity contribution is 5.67. The van der Waals surface area contributed by atoms with Gasteiger partial charge in [-0.25, -0.2) is 4.79 Å². The Balaban J connectivity index is 2.35. The summed E-state index contributed by atoms with van der Waals surface area (Å²) in [5.74, 6) is 0. The lowest BCUT2D eigenvalue weighted by molar-refractivity contribution is 0.171. The Bertz CT molecular complexity index is 222. The van der Waals surface area contributed by atoms with Crippen molar-refractivity contribution >= 4 is 6.09 Å². The Morgan fingerprint density at radius 2 is 2.21 bits per heavy atom. The quantitative estimate of drug-likeness (QED) is 0.663. The van der Waals surface area contributed by atoms with Crippen LogP contribution in [0, 0.1) is 0 Å². The molecule has 1 aliphatic heterocycles. The zero-order valence-corrected chi connectivity index (χ0v) is 8.32. The number of aliphatic hydroxyl groups excluding tert-OH is 1. The van der Waals surface area contributed by atoms with Gasteiger partial charge in [0.15, 0.2) is 0 Å². The molecular formula is C9H16N2O3. The standard InChI is InChI=1S/C9H16N2O3/c1-14-9(13)10-6-8(7-12)11-4-2-3-5-11/h7,12H,2-6H2,1H3,(H,10,13)/b8-7+. The third-order valence-electron chi connectivity index (χ3n) is 2.26. The predicted octanol–water partition coefficient (Wildman–Crippen LogP) is 0.838. The first-order chi connectivity index (χ1) is 6.77. The molecule has 1 saturated heterocycles. The fourth-order valence-corrected chi connectivity index (χ4v) is 1.48. The molecular weight excluding hydrogens is 184 g/mol. The summed E-state index contributed by atoms with van der Waals surface area (Å²) >= 11 is 0. The highest BCUT2D eigenvalue weighted by Crippen LogP contribution is 2.13. The van der Waals surface area contributed by atoms with Crippen molar-refractivity contribution in [1.82, 2.24) is 10.2 Å². The van der Waals surface area contributed by atoms with Crippen LogP contribution in [0.15, 0.2) is 12.0 Å². The molecule has 1 heterocycles. The normalized spacial score (nSPS) is 16.9. The minimum Gasteiger partial charge on any atom is -0.514 e. The first-order valence-electron chi connectivity index (χ1n) is 4.68. The van der Waals surface area contributed by atoms with Crippen molar-refractivity contribution in [2.75, 3.05) is 26.7 Å². The molecule has 0 bridgehead atoms. The van der Waals surface area contributed by atoms with Crippen molar-refractivity contribution in [3.05, 3.63) is 12.0 Å². The van der Waals surface area contributed by atoms with Gasteiger partial charge in [0.25, 0.3) is 0 Å². The van der Waals surface area contributed by atoms with Gasteiger partial charge in [0.2, 0.25) is 0 Å². The van der Waals surface area contributed by atoms with Crippen LogP contribution in [0.25, 0.3) is 0 Å².